The molecule has 3 rings (SSSR count). The van der Waals surface area contributed by atoms with Gasteiger partial charge in [-0.2, -0.15) is 23.3 Å². The van der Waals surface area contributed by atoms with Crippen molar-refractivity contribution in [2.24, 2.45) is 0 Å². The number of nitrogens with one attached hydrogen (secondary N) is 2. The summed E-state index contributed by atoms with van der Waals surface area (Å²) in [5.74, 6) is 0.566. The van der Waals surface area contributed by atoms with Crippen LogP contribution in [0.5, 0.6) is 0 Å². The van der Waals surface area contributed by atoms with Gasteiger partial charge in [-0.1, -0.05) is 31.8 Å². The number of carboxylic acid groups (broad SMARTS) is 1. The second kappa shape index (κ2) is 8.67. The molecule has 0 spiro atoms. The highest BCUT2D eigenvalue weighted by atomic mass is 19.4. The highest BCUT2D eigenvalue weighted by molar-refractivity contribution is 5.73. The molecular weight excluding hydrogens is 381 g/mol. The molecule has 0 unspecified atom stereocenters. The highest BCUT2D eigenvalue weighted by Crippen LogP contribution is 2.37. The first-order valence-electron chi connectivity index (χ1n) is 8.80. The van der Waals surface area contributed by atoms with Gasteiger partial charge in [-0.05, 0) is 19.8 Å². The van der Waals surface area contributed by atoms with Gasteiger partial charge in [0.15, 0.2) is 11.6 Å². The first-order valence-corrected chi connectivity index (χ1v) is 8.80. The molecule has 156 valence electrons. The normalized spacial score (nSPS) is 16.1. The molecule has 2 heterocycles. The van der Waals surface area contributed by atoms with Gasteiger partial charge in [-0.15, -0.1) is 0 Å². The molecule has 2 aromatic rings. The highest BCUT2D eigenvalue weighted by Gasteiger charge is 2.40. The molecule has 2 aromatic heterocycles. The van der Waals surface area contributed by atoms with Crippen LogP contribution in [0.2, 0.25) is 0 Å². The van der Waals surface area contributed by atoms with Gasteiger partial charge in [0.05, 0.1) is 12.1 Å². The summed E-state index contributed by atoms with van der Waals surface area (Å²) in [5.41, 5.74) is -0.203. The van der Waals surface area contributed by atoms with Crippen LogP contribution in [-0.4, -0.2) is 42.6 Å². The predicted molar refractivity (Wildman–Crippen MR) is 90.2 cm³/mol. The number of nitrogens with zero attached hydrogens (tertiary/aromatic N) is 4. The summed E-state index contributed by atoms with van der Waals surface area (Å²) in [6, 6.07) is 0. The molecule has 0 aliphatic heterocycles. The van der Waals surface area contributed by atoms with Crippen molar-refractivity contribution in [3.63, 3.8) is 0 Å². The van der Waals surface area contributed by atoms with Gasteiger partial charge in [0.2, 0.25) is 5.89 Å². The molecule has 1 saturated carbocycles. The number of hydrogen-bond donors (Lipinski definition) is 3. The van der Waals surface area contributed by atoms with Gasteiger partial charge >= 0.3 is 12.1 Å². The third-order valence-corrected chi connectivity index (χ3v) is 4.29. The molecule has 1 fully saturated rings. The number of H-pyrrole nitrogens is 1. The van der Waals surface area contributed by atoms with Crippen LogP contribution in [0, 0.1) is 6.92 Å². The lowest BCUT2D eigenvalue weighted by atomic mass is 9.96. The Kier molecular flexibility index (Phi) is 6.75. The van der Waals surface area contributed by atoms with Crippen molar-refractivity contribution in [3.8, 4) is 0 Å². The summed E-state index contributed by atoms with van der Waals surface area (Å²) in [6.07, 6.45) is -0.696. The van der Waals surface area contributed by atoms with Crippen LogP contribution in [0.3, 0.4) is 0 Å². The van der Waals surface area contributed by atoms with E-state index in [1.165, 1.54) is 12.8 Å². The largest absolute Gasteiger partial charge is 0.490 e. The van der Waals surface area contributed by atoms with Gasteiger partial charge in [0.1, 0.15) is 5.82 Å². The van der Waals surface area contributed by atoms with E-state index in [0.717, 1.165) is 30.3 Å². The SMILES string of the molecule is Cc1nc(CNC2(c3noc(C(C)C)n3)CCCC2)n[nH]1.O=C(O)C(F)(F)F. The maximum absolute atomic E-state index is 10.6. The van der Waals surface area contributed by atoms with Crippen LogP contribution in [0.25, 0.3) is 0 Å². The second-order valence-corrected chi connectivity index (χ2v) is 6.89. The Labute approximate surface area is 159 Å². The van der Waals surface area contributed by atoms with Crippen molar-refractivity contribution < 1.29 is 27.6 Å². The van der Waals surface area contributed by atoms with Gasteiger partial charge in [-0.3, -0.25) is 10.4 Å². The number of halogens is 3. The van der Waals surface area contributed by atoms with Crippen LogP contribution in [-0.2, 0) is 16.9 Å². The Morgan fingerprint density at radius 3 is 2.36 bits per heavy atom. The molecular formula is C16H23F3N6O3. The Morgan fingerprint density at radius 1 is 1.32 bits per heavy atom. The number of aliphatic carboxylic acids is 1. The van der Waals surface area contributed by atoms with E-state index in [9.17, 15) is 13.2 Å². The van der Waals surface area contributed by atoms with E-state index in [-0.39, 0.29) is 11.5 Å². The van der Waals surface area contributed by atoms with Crippen molar-refractivity contribution in [1.29, 1.82) is 0 Å². The zero-order valence-electron chi connectivity index (χ0n) is 15.8. The van der Waals surface area contributed by atoms with E-state index in [4.69, 9.17) is 14.4 Å². The Bertz CT molecular complexity index is 781. The topological polar surface area (TPSA) is 130 Å². The molecule has 9 nitrogen and oxygen atoms in total. The minimum Gasteiger partial charge on any atom is -0.475 e. The molecule has 1 aliphatic rings. The molecule has 28 heavy (non-hydrogen) atoms. The fourth-order valence-corrected chi connectivity index (χ4v) is 2.84. The van der Waals surface area contributed by atoms with E-state index >= 15 is 0 Å². The minimum absolute atomic E-state index is 0.203. The first-order chi connectivity index (χ1) is 13.0. The Hall–Kier alpha value is -2.50. The fourth-order valence-electron chi connectivity index (χ4n) is 2.84. The summed E-state index contributed by atoms with van der Waals surface area (Å²) < 4.78 is 37.1. The smallest absolute Gasteiger partial charge is 0.475 e. The van der Waals surface area contributed by atoms with Gasteiger partial charge in [0, 0.05) is 5.92 Å². The monoisotopic (exact) mass is 404 g/mol. The average Bonchev–Trinajstić information content (AvgIpc) is 3.33. The molecule has 0 aromatic carbocycles. The zero-order valence-corrected chi connectivity index (χ0v) is 15.8. The predicted octanol–water partition coefficient (Wildman–Crippen LogP) is 2.81. The number of carbonyl (C=O) groups is 1. The van der Waals surface area contributed by atoms with Crippen molar-refractivity contribution in [3.05, 3.63) is 23.4 Å². The summed E-state index contributed by atoms with van der Waals surface area (Å²) in [5, 5.41) is 21.9. The second-order valence-electron chi connectivity index (χ2n) is 6.89. The summed E-state index contributed by atoms with van der Waals surface area (Å²) in [4.78, 5) is 17.8. The third-order valence-electron chi connectivity index (χ3n) is 4.29. The van der Waals surface area contributed by atoms with Crippen molar-refractivity contribution in [1.82, 2.24) is 30.6 Å². The maximum Gasteiger partial charge on any atom is 0.490 e. The summed E-state index contributed by atoms with van der Waals surface area (Å²) in [7, 11) is 0. The van der Waals surface area contributed by atoms with Crippen molar-refractivity contribution in [2.45, 2.75) is 70.6 Å². The third kappa shape index (κ3) is 5.50. The van der Waals surface area contributed by atoms with Crippen LogP contribution in [0.15, 0.2) is 4.52 Å². The standard InChI is InChI=1S/C14H22N6O.C2HF3O2/c1-9(2)12-17-13(20-21-12)14(6-4-5-7-14)15-8-11-16-10(3)18-19-11;3-2(4,5)1(6)7/h9,15H,4-8H2,1-3H3,(H,16,18,19);(H,6,7). The molecule has 0 bridgehead atoms. The Balaban J connectivity index is 0.000000345. The molecule has 3 N–H and O–H groups in total. The van der Waals surface area contributed by atoms with Gasteiger partial charge in [-0.25, -0.2) is 9.78 Å². The Morgan fingerprint density at radius 2 is 1.93 bits per heavy atom. The van der Waals surface area contributed by atoms with Crippen molar-refractivity contribution >= 4 is 5.97 Å². The molecule has 0 atom stereocenters. The fraction of sp³-hybridized carbons (Fsp3) is 0.688. The average molecular weight is 404 g/mol. The number of aromatic nitrogens is 5. The van der Waals surface area contributed by atoms with E-state index in [2.05, 4.69) is 44.5 Å². The summed E-state index contributed by atoms with van der Waals surface area (Å²) in [6.45, 7) is 6.62. The summed E-state index contributed by atoms with van der Waals surface area (Å²) >= 11 is 0. The van der Waals surface area contributed by atoms with Crippen LogP contribution < -0.4 is 5.32 Å². The molecule has 0 amide bonds. The first kappa shape index (κ1) is 21.8. The van der Waals surface area contributed by atoms with Gasteiger partial charge in [0.25, 0.3) is 0 Å². The number of carboxylic acids is 1. The zero-order chi connectivity index (χ0) is 20.9. The van der Waals surface area contributed by atoms with Crippen LogP contribution in [0.4, 0.5) is 13.2 Å². The van der Waals surface area contributed by atoms with E-state index in [0.29, 0.717) is 12.4 Å². The molecule has 0 saturated heterocycles. The van der Waals surface area contributed by atoms with E-state index in [1.807, 2.05) is 6.92 Å². The molecule has 12 heteroatoms. The molecule has 0 radical (unpaired) electrons. The lowest BCUT2D eigenvalue weighted by Crippen LogP contribution is -2.40. The maximum atomic E-state index is 10.6. The van der Waals surface area contributed by atoms with Crippen LogP contribution >= 0.6 is 0 Å². The number of hydrogen-bond acceptors (Lipinski definition) is 7. The van der Waals surface area contributed by atoms with E-state index in [1.54, 1.807) is 0 Å². The number of rotatable bonds is 5. The van der Waals surface area contributed by atoms with E-state index < -0.39 is 12.1 Å². The number of alkyl halides is 3. The lowest BCUT2D eigenvalue weighted by molar-refractivity contribution is -0.192. The van der Waals surface area contributed by atoms with Crippen LogP contribution in [0.1, 0.15) is 68.8 Å². The van der Waals surface area contributed by atoms with Gasteiger partial charge < -0.3 is 9.63 Å². The minimum atomic E-state index is -5.08. The lowest BCUT2D eigenvalue weighted by Gasteiger charge is -2.26. The molecule has 1 aliphatic carbocycles. The number of aromatic amines is 1. The van der Waals surface area contributed by atoms with Crippen molar-refractivity contribution in [2.75, 3.05) is 0 Å². The number of aryl methyl sites for hydroxylation is 1. The quantitative estimate of drug-likeness (QED) is 0.694.